The number of aromatic nitrogens is 3. The highest BCUT2D eigenvalue weighted by Crippen LogP contribution is 2.24. The van der Waals surface area contributed by atoms with Gasteiger partial charge in [0.25, 0.3) is 16.9 Å². The number of primary amides is 1. The highest BCUT2D eigenvalue weighted by molar-refractivity contribution is 7.90. The van der Waals surface area contributed by atoms with Gasteiger partial charge in [-0.15, -0.1) is 0 Å². The molecule has 0 unspecified atom stereocenters. The number of rotatable bonds is 5. The van der Waals surface area contributed by atoms with Gasteiger partial charge in [-0.2, -0.15) is 8.42 Å². The van der Waals surface area contributed by atoms with Crippen molar-refractivity contribution in [2.24, 2.45) is 5.73 Å². The number of imidazole rings is 1. The van der Waals surface area contributed by atoms with Gasteiger partial charge in [0.1, 0.15) is 12.0 Å². The van der Waals surface area contributed by atoms with Crippen LogP contribution in [-0.4, -0.2) is 34.9 Å². The summed E-state index contributed by atoms with van der Waals surface area (Å²) in [5.41, 5.74) is 4.93. The Morgan fingerprint density at radius 2 is 1.89 bits per heavy atom. The first-order valence-corrected chi connectivity index (χ1v) is 9.24. The fourth-order valence-electron chi connectivity index (χ4n) is 1.95. The van der Waals surface area contributed by atoms with E-state index in [0.29, 0.717) is 15.7 Å². The van der Waals surface area contributed by atoms with Crippen molar-refractivity contribution in [1.82, 2.24) is 19.4 Å². The number of amides is 2. The average molecular weight is 430 g/mol. The maximum absolute atomic E-state index is 12.2. The maximum Gasteiger partial charge on any atom is 0.300 e. The largest absolute Gasteiger partial charge is 0.364 e. The smallest absolute Gasteiger partial charge is 0.300 e. The minimum absolute atomic E-state index is 0.195. The third kappa shape index (κ3) is 3.94. The van der Waals surface area contributed by atoms with E-state index < -0.39 is 32.6 Å². The van der Waals surface area contributed by atoms with Gasteiger partial charge in [0.2, 0.25) is 0 Å². The molecule has 0 aliphatic heterocycles. The molecule has 0 aliphatic rings. The fourth-order valence-corrected chi connectivity index (χ4v) is 3.10. The predicted octanol–water partition coefficient (Wildman–Crippen LogP) is 1.38. The molecule has 0 radical (unpaired) electrons. The summed E-state index contributed by atoms with van der Waals surface area (Å²) in [7, 11) is -4.41. The molecule has 140 valence electrons. The summed E-state index contributed by atoms with van der Waals surface area (Å²) < 4.78 is 32.0. The van der Waals surface area contributed by atoms with E-state index in [9.17, 15) is 18.0 Å². The molecule has 0 atom stereocenters. The minimum Gasteiger partial charge on any atom is -0.364 e. The van der Waals surface area contributed by atoms with Crippen molar-refractivity contribution < 1.29 is 22.5 Å². The molecule has 3 rings (SSSR count). The molecule has 3 aromatic rings. The third-order valence-corrected chi connectivity index (χ3v) is 5.16. The number of nitrogens with zero attached hydrogens (tertiary/aromatic N) is 3. The van der Waals surface area contributed by atoms with Crippen LogP contribution in [0.4, 0.5) is 0 Å². The van der Waals surface area contributed by atoms with Crippen LogP contribution in [0.3, 0.4) is 0 Å². The van der Waals surface area contributed by atoms with Crippen LogP contribution in [0.1, 0.15) is 21.0 Å². The van der Waals surface area contributed by atoms with Gasteiger partial charge in [0.15, 0.2) is 5.69 Å². The van der Waals surface area contributed by atoms with Gasteiger partial charge in [-0.3, -0.25) is 9.59 Å². The lowest BCUT2D eigenvalue weighted by Crippen LogP contribution is -2.30. The van der Waals surface area contributed by atoms with E-state index in [0.717, 1.165) is 6.07 Å². The van der Waals surface area contributed by atoms with Crippen LogP contribution in [0.15, 0.2) is 46.4 Å². The van der Waals surface area contributed by atoms with E-state index in [2.05, 4.69) is 14.7 Å². The maximum atomic E-state index is 12.2. The molecule has 3 N–H and O–H groups in total. The Bertz CT molecular complexity index is 1150. The van der Waals surface area contributed by atoms with Gasteiger partial charge in [0, 0.05) is 18.0 Å². The monoisotopic (exact) mass is 429 g/mol. The SMILES string of the molecule is NC(=O)c1cc(S(=O)(=O)NC(=O)c2cn(-c3ccc(Cl)c(Cl)c3)cn2)on1. The van der Waals surface area contributed by atoms with Gasteiger partial charge in [-0.25, -0.2) is 9.71 Å². The Hall–Kier alpha value is -2.89. The summed E-state index contributed by atoms with van der Waals surface area (Å²) in [6.07, 6.45) is 2.58. The van der Waals surface area contributed by atoms with Crippen molar-refractivity contribution >= 4 is 45.0 Å². The fraction of sp³-hybridized carbons (Fsp3) is 0. The van der Waals surface area contributed by atoms with Crippen molar-refractivity contribution in [2.75, 3.05) is 0 Å². The lowest BCUT2D eigenvalue weighted by atomic mass is 10.3. The molecule has 2 amide bonds. The van der Waals surface area contributed by atoms with Crippen LogP contribution >= 0.6 is 23.2 Å². The van der Waals surface area contributed by atoms with Crippen molar-refractivity contribution in [3.8, 4) is 5.69 Å². The van der Waals surface area contributed by atoms with E-state index in [1.807, 2.05) is 0 Å². The van der Waals surface area contributed by atoms with Crippen LogP contribution < -0.4 is 10.5 Å². The standard InChI is InChI=1S/C14H9Cl2N5O5S/c15-8-2-1-7(3-9(8)16)21-5-11(18-6-21)14(23)20-27(24,25)12-4-10(13(17)22)19-26-12/h1-6H,(H2,17,22)(H,20,23). The summed E-state index contributed by atoms with van der Waals surface area (Å²) in [6, 6.07) is 5.54. The first kappa shape index (κ1) is 18.9. The Morgan fingerprint density at radius 3 is 2.52 bits per heavy atom. The van der Waals surface area contributed by atoms with Gasteiger partial charge in [-0.05, 0) is 18.2 Å². The zero-order chi connectivity index (χ0) is 19.8. The van der Waals surface area contributed by atoms with Crippen LogP contribution in [0.5, 0.6) is 0 Å². The molecule has 0 saturated carbocycles. The van der Waals surface area contributed by atoms with E-state index >= 15 is 0 Å². The lowest BCUT2D eigenvalue weighted by Gasteiger charge is -2.03. The van der Waals surface area contributed by atoms with E-state index in [4.69, 9.17) is 28.9 Å². The first-order valence-electron chi connectivity index (χ1n) is 7.00. The number of carbonyl (C=O) groups is 2. The number of benzene rings is 1. The molecule has 10 nitrogen and oxygen atoms in total. The Morgan fingerprint density at radius 1 is 1.15 bits per heavy atom. The molecule has 13 heteroatoms. The number of nitrogens with one attached hydrogen (secondary N) is 1. The summed E-state index contributed by atoms with van der Waals surface area (Å²) in [5.74, 6) is -2.00. The molecule has 2 aromatic heterocycles. The van der Waals surface area contributed by atoms with Crippen LogP contribution in [-0.2, 0) is 10.0 Å². The van der Waals surface area contributed by atoms with Crippen LogP contribution in [0.2, 0.25) is 10.0 Å². The molecule has 1 aromatic carbocycles. The highest BCUT2D eigenvalue weighted by Gasteiger charge is 2.26. The lowest BCUT2D eigenvalue weighted by molar-refractivity contribution is 0.0971. The average Bonchev–Trinajstić information content (AvgIpc) is 3.26. The molecule has 27 heavy (non-hydrogen) atoms. The molecular weight excluding hydrogens is 421 g/mol. The van der Waals surface area contributed by atoms with Crippen LogP contribution in [0, 0.1) is 0 Å². The van der Waals surface area contributed by atoms with Crippen molar-refractivity contribution in [1.29, 1.82) is 0 Å². The van der Waals surface area contributed by atoms with E-state index in [1.54, 1.807) is 22.9 Å². The molecule has 0 saturated heterocycles. The molecule has 0 bridgehead atoms. The number of hydrogen-bond donors (Lipinski definition) is 2. The van der Waals surface area contributed by atoms with Crippen molar-refractivity contribution in [3.63, 3.8) is 0 Å². The number of sulfonamides is 1. The Labute approximate surface area is 161 Å². The zero-order valence-corrected chi connectivity index (χ0v) is 15.4. The summed E-state index contributed by atoms with van der Waals surface area (Å²) in [4.78, 5) is 27.0. The van der Waals surface area contributed by atoms with Crippen molar-refractivity contribution in [3.05, 3.63) is 58.2 Å². The molecule has 0 spiro atoms. The number of hydrogen-bond acceptors (Lipinski definition) is 7. The summed E-state index contributed by atoms with van der Waals surface area (Å²) in [5, 5.41) is 3.11. The predicted molar refractivity (Wildman–Crippen MR) is 93.3 cm³/mol. The Kier molecular flexibility index (Phi) is 4.91. The second-order valence-electron chi connectivity index (χ2n) is 5.09. The zero-order valence-electron chi connectivity index (χ0n) is 13.1. The van der Waals surface area contributed by atoms with Gasteiger partial charge < -0.3 is 14.8 Å². The third-order valence-electron chi connectivity index (χ3n) is 3.25. The summed E-state index contributed by atoms with van der Waals surface area (Å²) in [6.45, 7) is 0. The van der Waals surface area contributed by atoms with Gasteiger partial charge >= 0.3 is 10.0 Å². The highest BCUT2D eigenvalue weighted by atomic mass is 35.5. The number of nitrogens with two attached hydrogens (primary N) is 1. The molecular formula is C14H9Cl2N5O5S. The molecule has 0 fully saturated rings. The quantitative estimate of drug-likeness (QED) is 0.621. The number of carbonyl (C=O) groups excluding carboxylic acids is 2. The second-order valence-corrected chi connectivity index (χ2v) is 7.52. The Balaban J connectivity index is 1.81. The first-order chi connectivity index (χ1) is 12.7. The van der Waals surface area contributed by atoms with Crippen molar-refractivity contribution in [2.45, 2.75) is 5.09 Å². The van der Waals surface area contributed by atoms with E-state index in [-0.39, 0.29) is 5.69 Å². The number of halogens is 2. The molecule has 0 aliphatic carbocycles. The van der Waals surface area contributed by atoms with Gasteiger partial charge in [0.05, 0.1) is 10.0 Å². The summed E-state index contributed by atoms with van der Waals surface area (Å²) >= 11 is 11.8. The normalized spacial score (nSPS) is 11.3. The topological polar surface area (TPSA) is 150 Å². The van der Waals surface area contributed by atoms with Gasteiger partial charge in [-0.1, -0.05) is 28.4 Å². The van der Waals surface area contributed by atoms with Crippen LogP contribution in [0.25, 0.3) is 5.69 Å². The minimum atomic E-state index is -4.41. The van der Waals surface area contributed by atoms with E-state index in [1.165, 1.54) is 17.1 Å². The second kappa shape index (κ2) is 7.02. The molecule has 2 heterocycles.